The van der Waals surface area contributed by atoms with Gasteiger partial charge < -0.3 is 24.1 Å². The van der Waals surface area contributed by atoms with E-state index in [9.17, 15) is 9.59 Å². The van der Waals surface area contributed by atoms with Crippen molar-refractivity contribution < 1.29 is 23.5 Å². The van der Waals surface area contributed by atoms with Gasteiger partial charge in [0.2, 0.25) is 11.8 Å². The molecule has 2 heterocycles. The van der Waals surface area contributed by atoms with Gasteiger partial charge >= 0.3 is 0 Å². The third kappa shape index (κ3) is 3.92. The van der Waals surface area contributed by atoms with Gasteiger partial charge in [-0.05, 0) is 38.1 Å². The summed E-state index contributed by atoms with van der Waals surface area (Å²) in [7, 11) is 3.10. The molecule has 2 atom stereocenters. The maximum absolute atomic E-state index is 12.6. The highest BCUT2D eigenvalue weighted by Crippen LogP contribution is 2.34. The average Bonchev–Trinajstić information content (AvgIpc) is 3.27. The van der Waals surface area contributed by atoms with Crippen molar-refractivity contribution in [3.63, 3.8) is 0 Å². The molecule has 7 nitrogen and oxygen atoms in total. The Kier molecular flexibility index (Phi) is 5.39. The van der Waals surface area contributed by atoms with Crippen molar-refractivity contribution in [3.05, 3.63) is 41.9 Å². The van der Waals surface area contributed by atoms with Crippen LogP contribution in [-0.4, -0.2) is 32.6 Å². The van der Waals surface area contributed by atoms with Crippen molar-refractivity contribution in [3.8, 4) is 11.5 Å². The maximum Gasteiger partial charge on any atom is 0.227 e. The summed E-state index contributed by atoms with van der Waals surface area (Å²) in [5.74, 6) is 1.95. The van der Waals surface area contributed by atoms with E-state index in [1.165, 1.54) is 0 Å². The van der Waals surface area contributed by atoms with Crippen molar-refractivity contribution in [2.24, 2.45) is 5.92 Å². The van der Waals surface area contributed by atoms with Crippen LogP contribution in [0, 0.1) is 12.8 Å². The topological polar surface area (TPSA) is 81.0 Å². The predicted octanol–water partition coefficient (Wildman–Crippen LogP) is 2.84. The highest BCUT2D eigenvalue weighted by molar-refractivity contribution is 6.00. The van der Waals surface area contributed by atoms with Crippen molar-refractivity contribution in [1.29, 1.82) is 0 Å². The van der Waals surface area contributed by atoms with Crippen molar-refractivity contribution in [2.45, 2.75) is 26.3 Å². The highest BCUT2D eigenvalue weighted by atomic mass is 16.5. The number of hydrogen-bond acceptors (Lipinski definition) is 5. The molecule has 1 saturated heterocycles. The second kappa shape index (κ2) is 7.73. The van der Waals surface area contributed by atoms with Crippen LogP contribution in [0.2, 0.25) is 0 Å². The van der Waals surface area contributed by atoms with E-state index < -0.39 is 5.92 Å². The molecule has 2 unspecified atom stereocenters. The first-order valence-corrected chi connectivity index (χ1v) is 8.82. The van der Waals surface area contributed by atoms with Crippen molar-refractivity contribution >= 4 is 17.5 Å². The Morgan fingerprint density at radius 2 is 1.96 bits per heavy atom. The van der Waals surface area contributed by atoms with Gasteiger partial charge in [-0.25, -0.2) is 0 Å². The Labute approximate surface area is 158 Å². The zero-order valence-electron chi connectivity index (χ0n) is 15.9. The van der Waals surface area contributed by atoms with Gasteiger partial charge in [0.05, 0.1) is 26.2 Å². The molecule has 0 bridgehead atoms. The summed E-state index contributed by atoms with van der Waals surface area (Å²) in [6, 6.07) is 8.72. The molecule has 1 aromatic carbocycles. The first-order valence-electron chi connectivity index (χ1n) is 8.82. The lowest BCUT2D eigenvalue weighted by atomic mass is 10.1. The smallest absolute Gasteiger partial charge is 0.227 e. The molecule has 0 saturated carbocycles. The standard InChI is InChI=1S/C20H24N2O5/c1-12-5-7-16(27-12)13(2)21-20(24)14-9-19(23)22(11-14)15-6-8-17(25-3)18(10-15)26-4/h5-8,10,13-14H,9,11H2,1-4H3,(H,21,24). The number of rotatable bonds is 6. The monoisotopic (exact) mass is 372 g/mol. The minimum absolute atomic E-state index is 0.0936. The molecule has 1 aliphatic heterocycles. The van der Waals surface area contributed by atoms with Gasteiger partial charge in [0.1, 0.15) is 11.5 Å². The number of nitrogens with one attached hydrogen (secondary N) is 1. The van der Waals surface area contributed by atoms with Crippen LogP contribution in [0.3, 0.4) is 0 Å². The largest absolute Gasteiger partial charge is 0.493 e. The molecule has 1 fully saturated rings. The van der Waals surface area contributed by atoms with E-state index in [0.717, 1.165) is 5.76 Å². The van der Waals surface area contributed by atoms with Crippen LogP contribution in [0.15, 0.2) is 34.7 Å². The highest BCUT2D eigenvalue weighted by Gasteiger charge is 2.36. The number of hydrogen-bond donors (Lipinski definition) is 1. The lowest BCUT2D eigenvalue weighted by Gasteiger charge is -2.19. The van der Waals surface area contributed by atoms with Gasteiger partial charge in [-0.3, -0.25) is 9.59 Å². The molecule has 0 aliphatic carbocycles. The third-order valence-corrected chi connectivity index (χ3v) is 4.72. The summed E-state index contributed by atoms with van der Waals surface area (Å²) >= 11 is 0. The van der Waals surface area contributed by atoms with Crippen LogP contribution in [0.5, 0.6) is 11.5 Å². The number of benzene rings is 1. The summed E-state index contributed by atoms with van der Waals surface area (Å²) in [6.45, 7) is 4.04. The van der Waals surface area contributed by atoms with E-state index in [2.05, 4.69) is 5.32 Å². The SMILES string of the molecule is COc1ccc(N2CC(C(=O)NC(C)c3ccc(C)o3)CC2=O)cc1OC. The molecular formula is C20H24N2O5. The number of amides is 2. The Morgan fingerprint density at radius 3 is 2.59 bits per heavy atom. The molecular weight excluding hydrogens is 348 g/mol. The molecule has 2 aromatic rings. The maximum atomic E-state index is 12.6. The quantitative estimate of drug-likeness (QED) is 0.843. The molecule has 1 aliphatic rings. The number of carbonyl (C=O) groups excluding carboxylic acids is 2. The Morgan fingerprint density at radius 1 is 1.22 bits per heavy atom. The molecule has 1 aromatic heterocycles. The summed E-state index contributed by atoms with van der Waals surface area (Å²) in [5, 5.41) is 2.93. The second-order valence-electron chi connectivity index (χ2n) is 6.62. The number of ether oxygens (including phenoxy) is 2. The zero-order valence-corrected chi connectivity index (χ0v) is 15.9. The van der Waals surface area contributed by atoms with Crippen LogP contribution >= 0.6 is 0 Å². The van der Waals surface area contributed by atoms with Gasteiger partial charge in [-0.2, -0.15) is 0 Å². The molecule has 3 rings (SSSR count). The summed E-state index contributed by atoms with van der Waals surface area (Å²) < 4.78 is 16.1. The fourth-order valence-corrected chi connectivity index (χ4v) is 3.21. The number of nitrogens with zero attached hydrogens (tertiary/aromatic N) is 1. The Balaban J connectivity index is 1.68. The van der Waals surface area contributed by atoms with E-state index in [0.29, 0.717) is 29.5 Å². The molecule has 2 amide bonds. The van der Waals surface area contributed by atoms with Gasteiger partial charge in [0.15, 0.2) is 11.5 Å². The van der Waals surface area contributed by atoms with Gasteiger partial charge in [0.25, 0.3) is 0 Å². The lowest BCUT2D eigenvalue weighted by Crippen LogP contribution is -2.34. The molecule has 0 spiro atoms. The number of furan rings is 1. The molecule has 144 valence electrons. The summed E-state index contributed by atoms with van der Waals surface area (Å²) in [6.07, 6.45) is 0.171. The summed E-state index contributed by atoms with van der Waals surface area (Å²) in [5.41, 5.74) is 0.683. The average molecular weight is 372 g/mol. The normalized spacial score (nSPS) is 17.7. The third-order valence-electron chi connectivity index (χ3n) is 4.72. The zero-order chi connectivity index (χ0) is 19.6. The van der Waals surface area contributed by atoms with Crippen molar-refractivity contribution in [2.75, 3.05) is 25.7 Å². The number of aryl methyl sites for hydroxylation is 1. The first-order chi connectivity index (χ1) is 12.9. The fraction of sp³-hybridized carbons (Fsp3) is 0.400. The Bertz CT molecular complexity index is 845. The molecule has 27 heavy (non-hydrogen) atoms. The Hall–Kier alpha value is -2.96. The van der Waals surface area contributed by atoms with Gasteiger partial charge in [0, 0.05) is 24.7 Å². The number of anilines is 1. The van der Waals surface area contributed by atoms with Crippen molar-refractivity contribution in [1.82, 2.24) is 5.32 Å². The second-order valence-corrected chi connectivity index (χ2v) is 6.62. The molecule has 1 N–H and O–H groups in total. The van der Waals surface area contributed by atoms with Crippen LogP contribution in [0.1, 0.15) is 30.9 Å². The lowest BCUT2D eigenvalue weighted by molar-refractivity contribution is -0.127. The number of carbonyl (C=O) groups is 2. The fourth-order valence-electron chi connectivity index (χ4n) is 3.21. The van der Waals surface area contributed by atoms with E-state index in [4.69, 9.17) is 13.9 Å². The molecule has 7 heteroatoms. The van der Waals surface area contributed by atoms with E-state index >= 15 is 0 Å². The van der Waals surface area contributed by atoms with E-state index in [1.807, 2.05) is 26.0 Å². The van der Waals surface area contributed by atoms with Crippen LogP contribution in [0.25, 0.3) is 0 Å². The van der Waals surface area contributed by atoms with Crippen LogP contribution < -0.4 is 19.7 Å². The van der Waals surface area contributed by atoms with Crippen LogP contribution in [0.4, 0.5) is 5.69 Å². The van der Waals surface area contributed by atoms with Crippen LogP contribution in [-0.2, 0) is 9.59 Å². The molecule has 0 radical (unpaired) electrons. The van der Waals surface area contributed by atoms with Gasteiger partial charge in [-0.15, -0.1) is 0 Å². The van der Waals surface area contributed by atoms with E-state index in [-0.39, 0.29) is 24.3 Å². The van der Waals surface area contributed by atoms with E-state index in [1.54, 1.807) is 37.3 Å². The predicted molar refractivity (Wildman–Crippen MR) is 100 cm³/mol. The number of methoxy groups -OCH3 is 2. The minimum atomic E-state index is -0.413. The first kappa shape index (κ1) is 18.8. The minimum Gasteiger partial charge on any atom is -0.493 e. The van der Waals surface area contributed by atoms with Gasteiger partial charge in [-0.1, -0.05) is 0 Å². The summed E-state index contributed by atoms with van der Waals surface area (Å²) in [4.78, 5) is 26.7.